The maximum Gasteiger partial charge on any atom is 0.151 e. The fourth-order valence-electron chi connectivity index (χ4n) is 0.742. The first-order chi connectivity index (χ1) is 5.74. The number of nitrogens with zero attached hydrogens (tertiary/aromatic N) is 1. The van der Waals surface area contributed by atoms with Crippen molar-refractivity contribution >= 4 is 12.0 Å². The Morgan fingerprint density at radius 2 is 2.25 bits per heavy atom. The number of aldehydes is 1. The molecule has 12 heavy (non-hydrogen) atoms. The van der Waals surface area contributed by atoms with Crippen molar-refractivity contribution in [3.05, 3.63) is 24.4 Å². The monoisotopic (exact) mass is 165 g/mol. The molecule has 0 aromatic rings. The number of hydrogen-bond acceptors (Lipinski definition) is 2. The molecule has 0 unspecified atom stereocenters. The minimum absolute atomic E-state index is 0.519. The second kappa shape index (κ2) is 6.53. The van der Waals surface area contributed by atoms with Gasteiger partial charge in [-0.3, -0.25) is 9.79 Å². The molecular weight excluding hydrogens is 150 g/mol. The predicted octanol–water partition coefficient (Wildman–Crippen LogP) is 2.52. The molecule has 0 rings (SSSR count). The molecule has 0 saturated heterocycles. The Hall–Kier alpha value is -1.18. The van der Waals surface area contributed by atoms with E-state index >= 15 is 0 Å². The van der Waals surface area contributed by atoms with Crippen LogP contribution in [0.5, 0.6) is 0 Å². The minimum Gasteiger partial charge on any atom is -0.298 e. The zero-order valence-corrected chi connectivity index (χ0v) is 7.71. The van der Waals surface area contributed by atoms with Crippen molar-refractivity contribution in [1.82, 2.24) is 0 Å². The first-order valence-electron chi connectivity index (χ1n) is 4.05. The molecule has 2 nitrogen and oxygen atoms in total. The molecule has 0 saturated carbocycles. The molecule has 0 fully saturated rings. The Labute approximate surface area is 73.7 Å². The quantitative estimate of drug-likeness (QED) is 0.266. The predicted molar refractivity (Wildman–Crippen MR) is 52.4 cm³/mol. The van der Waals surface area contributed by atoms with Crippen LogP contribution in [0.2, 0.25) is 0 Å². The second-order valence-electron chi connectivity index (χ2n) is 2.57. The van der Waals surface area contributed by atoms with Gasteiger partial charge < -0.3 is 0 Å². The van der Waals surface area contributed by atoms with E-state index in [0.29, 0.717) is 5.57 Å². The summed E-state index contributed by atoms with van der Waals surface area (Å²) >= 11 is 0. The van der Waals surface area contributed by atoms with Crippen molar-refractivity contribution < 1.29 is 4.79 Å². The van der Waals surface area contributed by atoms with Crippen LogP contribution >= 0.6 is 0 Å². The van der Waals surface area contributed by atoms with Crippen LogP contribution in [-0.4, -0.2) is 12.0 Å². The van der Waals surface area contributed by atoms with E-state index in [9.17, 15) is 4.79 Å². The van der Waals surface area contributed by atoms with Gasteiger partial charge in [0.05, 0.1) is 0 Å². The van der Waals surface area contributed by atoms with Gasteiger partial charge in [0.25, 0.3) is 0 Å². The van der Waals surface area contributed by atoms with E-state index < -0.39 is 0 Å². The number of hydrogen-bond donors (Lipinski definition) is 0. The van der Waals surface area contributed by atoms with E-state index in [-0.39, 0.29) is 0 Å². The van der Waals surface area contributed by atoms with Crippen molar-refractivity contribution in [2.75, 3.05) is 0 Å². The third kappa shape index (κ3) is 4.61. The minimum atomic E-state index is 0.519. The molecule has 0 atom stereocenters. The lowest BCUT2D eigenvalue weighted by molar-refractivity contribution is -0.104. The summed E-state index contributed by atoms with van der Waals surface area (Å²) in [6.45, 7) is 7.53. The Morgan fingerprint density at radius 3 is 2.67 bits per heavy atom. The summed E-state index contributed by atoms with van der Waals surface area (Å²) in [5.74, 6) is 0. The summed E-state index contributed by atoms with van der Waals surface area (Å²) in [5.41, 5.74) is 1.56. The van der Waals surface area contributed by atoms with E-state index in [4.69, 9.17) is 0 Å². The summed E-state index contributed by atoms with van der Waals surface area (Å²) in [7, 11) is 0. The molecule has 0 radical (unpaired) electrons. The summed E-state index contributed by atoms with van der Waals surface area (Å²) in [6.07, 6.45) is 5.84. The van der Waals surface area contributed by atoms with Gasteiger partial charge in [-0.2, -0.15) is 0 Å². The van der Waals surface area contributed by atoms with Crippen LogP contribution in [0.4, 0.5) is 0 Å². The van der Waals surface area contributed by atoms with Crippen LogP contribution in [0.1, 0.15) is 26.7 Å². The Bertz CT molecular complexity index is 204. The number of allylic oxidation sites excluding steroid dienone is 2. The zero-order valence-electron chi connectivity index (χ0n) is 7.71. The van der Waals surface area contributed by atoms with Crippen molar-refractivity contribution in [2.45, 2.75) is 26.7 Å². The van der Waals surface area contributed by atoms with Crippen LogP contribution in [0.15, 0.2) is 29.4 Å². The third-order valence-corrected chi connectivity index (χ3v) is 1.42. The van der Waals surface area contributed by atoms with Crippen molar-refractivity contribution in [3.8, 4) is 0 Å². The average molecular weight is 165 g/mol. The lowest BCUT2D eigenvalue weighted by Crippen LogP contribution is -1.88. The molecule has 0 aliphatic carbocycles. The van der Waals surface area contributed by atoms with Gasteiger partial charge in [0.15, 0.2) is 6.29 Å². The summed E-state index contributed by atoms with van der Waals surface area (Å²) in [5, 5.41) is 0. The molecule has 2 heteroatoms. The van der Waals surface area contributed by atoms with Gasteiger partial charge in [-0.25, -0.2) is 0 Å². The molecule has 0 aromatic carbocycles. The van der Waals surface area contributed by atoms with Gasteiger partial charge in [-0.1, -0.05) is 26.0 Å². The molecular formula is C10H15NO. The molecule has 0 heterocycles. The summed E-state index contributed by atoms with van der Waals surface area (Å²) < 4.78 is 0. The summed E-state index contributed by atoms with van der Waals surface area (Å²) in [6, 6.07) is 0. The smallest absolute Gasteiger partial charge is 0.151 e. The largest absolute Gasteiger partial charge is 0.298 e. The molecule has 66 valence electrons. The van der Waals surface area contributed by atoms with E-state index in [0.717, 1.165) is 24.8 Å². The first-order valence-corrected chi connectivity index (χ1v) is 4.05. The molecule has 0 amide bonds. The van der Waals surface area contributed by atoms with Crippen LogP contribution in [0.3, 0.4) is 0 Å². The SMILES string of the molecule is C=C/C(C=O)=C\N=C(C)CCC. The van der Waals surface area contributed by atoms with Crippen molar-refractivity contribution in [3.63, 3.8) is 0 Å². The lowest BCUT2D eigenvalue weighted by atomic mass is 10.2. The van der Waals surface area contributed by atoms with Crippen LogP contribution < -0.4 is 0 Å². The van der Waals surface area contributed by atoms with E-state index in [1.807, 2.05) is 6.92 Å². The number of carbonyl (C=O) groups excluding carboxylic acids is 1. The maximum absolute atomic E-state index is 10.3. The fourth-order valence-corrected chi connectivity index (χ4v) is 0.742. The van der Waals surface area contributed by atoms with Crippen LogP contribution in [-0.2, 0) is 4.79 Å². The van der Waals surface area contributed by atoms with Crippen LogP contribution in [0, 0.1) is 0 Å². The van der Waals surface area contributed by atoms with Crippen molar-refractivity contribution in [1.29, 1.82) is 0 Å². The molecule has 0 bridgehead atoms. The molecule has 0 aliphatic heterocycles. The standard InChI is InChI=1S/C10H15NO/c1-4-6-9(3)11-7-10(5-2)8-12/h5,7-8H,2,4,6H2,1,3H3/b10-7+,11-9?. The molecule has 0 aliphatic rings. The third-order valence-electron chi connectivity index (χ3n) is 1.42. The van der Waals surface area contributed by atoms with Gasteiger partial charge in [0.1, 0.15) is 0 Å². The Balaban J connectivity index is 4.23. The summed E-state index contributed by atoms with van der Waals surface area (Å²) in [4.78, 5) is 14.4. The first kappa shape index (κ1) is 10.8. The number of carbonyl (C=O) groups is 1. The van der Waals surface area contributed by atoms with E-state index in [1.54, 1.807) is 6.20 Å². The number of rotatable bonds is 5. The highest BCUT2D eigenvalue weighted by molar-refractivity contribution is 5.83. The molecule has 0 spiro atoms. The Morgan fingerprint density at radius 1 is 1.58 bits per heavy atom. The Kier molecular flexibility index (Phi) is 5.88. The van der Waals surface area contributed by atoms with E-state index in [2.05, 4.69) is 18.5 Å². The zero-order chi connectivity index (χ0) is 9.40. The topological polar surface area (TPSA) is 29.4 Å². The second-order valence-corrected chi connectivity index (χ2v) is 2.57. The van der Waals surface area contributed by atoms with Gasteiger partial charge in [-0.15, -0.1) is 0 Å². The highest BCUT2D eigenvalue weighted by Crippen LogP contribution is 1.95. The van der Waals surface area contributed by atoms with Gasteiger partial charge in [0.2, 0.25) is 0 Å². The highest BCUT2D eigenvalue weighted by Gasteiger charge is 1.87. The van der Waals surface area contributed by atoms with Crippen LogP contribution in [0.25, 0.3) is 0 Å². The number of aliphatic imine (C=N–C) groups is 1. The maximum atomic E-state index is 10.3. The fraction of sp³-hybridized carbons (Fsp3) is 0.400. The average Bonchev–Trinajstić information content (AvgIpc) is 2.07. The van der Waals surface area contributed by atoms with Gasteiger partial charge >= 0.3 is 0 Å². The normalized spacial score (nSPS) is 12.8. The van der Waals surface area contributed by atoms with Gasteiger partial charge in [0, 0.05) is 17.5 Å². The highest BCUT2D eigenvalue weighted by atomic mass is 16.1. The molecule has 0 aromatic heterocycles. The molecule has 0 N–H and O–H groups in total. The van der Waals surface area contributed by atoms with Crippen molar-refractivity contribution in [2.24, 2.45) is 4.99 Å². The lowest BCUT2D eigenvalue weighted by Gasteiger charge is -1.93. The van der Waals surface area contributed by atoms with Gasteiger partial charge in [-0.05, 0) is 13.3 Å². The van der Waals surface area contributed by atoms with E-state index in [1.165, 1.54) is 6.08 Å².